The van der Waals surface area contributed by atoms with E-state index < -0.39 is 0 Å². The van der Waals surface area contributed by atoms with Crippen molar-refractivity contribution >= 4 is 17.6 Å². The molecule has 0 aliphatic heterocycles. The lowest BCUT2D eigenvalue weighted by Gasteiger charge is -2.23. The SMILES string of the molecule is CN(C)CC(NC(=O)NCCc1cccc(Cl)c1)c1ccccc1. The van der Waals surface area contributed by atoms with Crippen LogP contribution in [-0.4, -0.2) is 38.1 Å². The van der Waals surface area contributed by atoms with Crippen molar-refractivity contribution in [2.24, 2.45) is 0 Å². The molecule has 5 heteroatoms. The topological polar surface area (TPSA) is 44.4 Å². The van der Waals surface area contributed by atoms with E-state index in [0.717, 1.165) is 24.1 Å². The summed E-state index contributed by atoms with van der Waals surface area (Å²) in [5.41, 5.74) is 2.20. The molecule has 2 aromatic rings. The molecule has 0 saturated carbocycles. The number of hydrogen-bond donors (Lipinski definition) is 2. The fraction of sp³-hybridized carbons (Fsp3) is 0.316. The monoisotopic (exact) mass is 345 g/mol. The van der Waals surface area contributed by atoms with Gasteiger partial charge in [-0.05, 0) is 43.8 Å². The Kier molecular flexibility index (Phi) is 7.09. The Morgan fingerprint density at radius 2 is 1.88 bits per heavy atom. The Balaban J connectivity index is 1.86. The van der Waals surface area contributed by atoms with Gasteiger partial charge in [-0.3, -0.25) is 0 Å². The summed E-state index contributed by atoms with van der Waals surface area (Å²) < 4.78 is 0. The first kappa shape index (κ1) is 18.3. The van der Waals surface area contributed by atoms with Crippen LogP contribution in [0.3, 0.4) is 0 Å². The van der Waals surface area contributed by atoms with Crippen molar-refractivity contribution in [1.29, 1.82) is 0 Å². The Hall–Kier alpha value is -2.04. The molecular formula is C19H24ClN3O. The third-order valence-electron chi connectivity index (χ3n) is 3.64. The standard InChI is InChI=1S/C19H24ClN3O/c1-23(2)14-18(16-8-4-3-5-9-16)22-19(24)21-12-11-15-7-6-10-17(20)13-15/h3-10,13,18H,11-12,14H2,1-2H3,(H2,21,22,24). The molecule has 1 unspecified atom stereocenters. The van der Waals surface area contributed by atoms with E-state index in [1.54, 1.807) is 0 Å². The van der Waals surface area contributed by atoms with Gasteiger partial charge in [0.2, 0.25) is 0 Å². The molecule has 2 amide bonds. The fourth-order valence-electron chi connectivity index (χ4n) is 2.51. The van der Waals surface area contributed by atoms with E-state index >= 15 is 0 Å². The van der Waals surface area contributed by atoms with Gasteiger partial charge in [0.15, 0.2) is 0 Å². The minimum Gasteiger partial charge on any atom is -0.338 e. The van der Waals surface area contributed by atoms with Gasteiger partial charge in [0.1, 0.15) is 0 Å². The van der Waals surface area contributed by atoms with Crippen molar-refractivity contribution < 1.29 is 4.79 Å². The second-order valence-corrected chi connectivity index (χ2v) is 6.44. The first-order valence-electron chi connectivity index (χ1n) is 8.03. The van der Waals surface area contributed by atoms with Gasteiger partial charge in [0, 0.05) is 18.1 Å². The van der Waals surface area contributed by atoms with Gasteiger partial charge in [-0.25, -0.2) is 4.79 Å². The van der Waals surface area contributed by atoms with Crippen molar-refractivity contribution in [3.8, 4) is 0 Å². The highest BCUT2D eigenvalue weighted by Gasteiger charge is 2.14. The van der Waals surface area contributed by atoms with Crippen LogP contribution in [0.25, 0.3) is 0 Å². The average molecular weight is 346 g/mol. The van der Waals surface area contributed by atoms with Crippen molar-refractivity contribution in [3.63, 3.8) is 0 Å². The summed E-state index contributed by atoms with van der Waals surface area (Å²) in [5, 5.41) is 6.67. The molecule has 1 atom stereocenters. The van der Waals surface area contributed by atoms with E-state index in [0.29, 0.717) is 11.6 Å². The number of hydrogen-bond acceptors (Lipinski definition) is 2. The second-order valence-electron chi connectivity index (χ2n) is 6.01. The van der Waals surface area contributed by atoms with E-state index in [4.69, 9.17) is 11.6 Å². The van der Waals surface area contributed by atoms with E-state index in [-0.39, 0.29) is 12.1 Å². The molecule has 128 valence electrons. The molecule has 0 heterocycles. The number of carbonyl (C=O) groups excluding carboxylic acids is 1. The molecule has 2 aromatic carbocycles. The van der Waals surface area contributed by atoms with Crippen molar-refractivity contribution in [2.45, 2.75) is 12.5 Å². The van der Waals surface area contributed by atoms with Gasteiger partial charge in [-0.2, -0.15) is 0 Å². The third kappa shape index (κ3) is 6.22. The minimum absolute atomic E-state index is 0.0487. The van der Waals surface area contributed by atoms with E-state index in [9.17, 15) is 4.79 Å². The summed E-state index contributed by atoms with van der Waals surface area (Å²) in [6, 6.07) is 17.5. The van der Waals surface area contributed by atoms with Gasteiger partial charge in [-0.1, -0.05) is 54.1 Å². The van der Waals surface area contributed by atoms with Crippen molar-refractivity contribution in [3.05, 3.63) is 70.7 Å². The molecule has 4 nitrogen and oxygen atoms in total. The third-order valence-corrected chi connectivity index (χ3v) is 3.88. The maximum absolute atomic E-state index is 12.2. The van der Waals surface area contributed by atoms with Crippen molar-refractivity contribution in [1.82, 2.24) is 15.5 Å². The quantitative estimate of drug-likeness (QED) is 0.806. The maximum Gasteiger partial charge on any atom is 0.315 e. The second kappa shape index (κ2) is 9.30. The number of nitrogens with one attached hydrogen (secondary N) is 2. The van der Waals surface area contributed by atoms with Crippen LogP contribution in [0.5, 0.6) is 0 Å². The maximum atomic E-state index is 12.2. The van der Waals surface area contributed by atoms with E-state index in [2.05, 4.69) is 15.5 Å². The summed E-state index contributed by atoms with van der Waals surface area (Å²) in [6.45, 7) is 1.31. The molecule has 0 radical (unpaired) electrons. The molecule has 0 bridgehead atoms. The van der Waals surface area contributed by atoms with Gasteiger partial charge in [-0.15, -0.1) is 0 Å². The first-order valence-corrected chi connectivity index (χ1v) is 8.41. The van der Waals surface area contributed by atoms with Crippen molar-refractivity contribution in [2.75, 3.05) is 27.2 Å². The lowest BCUT2D eigenvalue weighted by Crippen LogP contribution is -2.42. The summed E-state index contributed by atoms with van der Waals surface area (Å²) in [7, 11) is 3.99. The predicted octanol–water partition coefficient (Wildman–Crippen LogP) is 3.48. The van der Waals surface area contributed by atoms with E-state index in [1.807, 2.05) is 68.7 Å². The molecule has 2 N–H and O–H groups in total. The molecule has 0 saturated heterocycles. The highest BCUT2D eigenvalue weighted by molar-refractivity contribution is 6.30. The molecule has 0 fully saturated rings. The summed E-state index contributed by atoms with van der Waals surface area (Å²) >= 11 is 5.97. The Bertz CT molecular complexity index is 646. The highest BCUT2D eigenvalue weighted by atomic mass is 35.5. The summed E-state index contributed by atoms with van der Waals surface area (Å²) in [4.78, 5) is 14.3. The van der Waals surface area contributed by atoms with Crippen LogP contribution < -0.4 is 10.6 Å². The normalized spacial score (nSPS) is 12.0. The van der Waals surface area contributed by atoms with Gasteiger partial charge >= 0.3 is 6.03 Å². The van der Waals surface area contributed by atoms with Crippen LogP contribution in [0.1, 0.15) is 17.2 Å². The zero-order valence-electron chi connectivity index (χ0n) is 14.1. The van der Waals surface area contributed by atoms with Crippen LogP contribution in [0.15, 0.2) is 54.6 Å². The zero-order chi connectivity index (χ0) is 17.4. The number of nitrogens with zero attached hydrogens (tertiary/aromatic N) is 1. The van der Waals surface area contributed by atoms with Gasteiger partial charge in [0.25, 0.3) is 0 Å². The lowest BCUT2D eigenvalue weighted by molar-refractivity contribution is 0.233. The number of likely N-dealkylation sites (N-methyl/N-ethyl adjacent to an activating group) is 1. The van der Waals surface area contributed by atoms with Gasteiger partial charge < -0.3 is 15.5 Å². The van der Waals surface area contributed by atoms with E-state index in [1.165, 1.54) is 0 Å². The highest BCUT2D eigenvalue weighted by Crippen LogP contribution is 2.13. The summed E-state index contributed by atoms with van der Waals surface area (Å²) in [6.07, 6.45) is 0.748. The van der Waals surface area contributed by atoms with Crippen LogP contribution in [-0.2, 0) is 6.42 Å². The lowest BCUT2D eigenvalue weighted by atomic mass is 10.1. The molecule has 0 aliphatic rings. The molecule has 0 aliphatic carbocycles. The largest absolute Gasteiger partial charge is 0.338 e. The predicted molar refractivity (Wildman–Crippen MR) is 99.4 cm³/mol. The average Bonchev–Trinajstić information content (AvgIpc) is 2.55. The Morgan fingerprint density at radius 3 is 2.54 bits per heavy atom. The molecule has 0 aromatic heterocycles. The number of carbonyl (C=O) groups is 1. The smallest absolute Gasteiger partial charge is 0.315 e. The van der Waals surface area contributed by atoms with Crippen LogP contribution in [0, 0.1) is 0 Å². The number of urea groups is 1. The molecular weight excluding hydrogens is 322 g/mol. The Labute approximate surface area is 148 Å². The number of benzene rings is 2. The minimum atomic E-state index is -0.160. The number of amides is 2. The van der Waals surface area contributed by atoms with Crippen LogP contribution in [0.2, 0.25) is 5.02 Å². The Morgan fingerprint density at radius 1 is 1.12 bits per heavy atom. The number of halogens is 1. The molecule has 0 spiro atoms. The fourth-order valence-corrected chi connectivity index (χ4v) is 2.72. The zero-order valence-corrected chi connectivity index (χ0v) is 14.9. The number of rotatable bonds is 7. The molecule has 24 heavy (non-hydrogen) atoms. The van der Waals surface area contributed by atoms with Crippen LogP contribution in [0.4, 0.5) is 4.79 Å². The van der Waals surface area contributed by atoms with Gasteiger partial charge in [0.05, 0.1) is 6.04 Å². The summed E-state index contributed by atoms with van der Waals surface area (Å²) in [5.74, 6) is 0. The first-order chi connectivity index (χ1) is 11.5. The van der Waals surface area contributed by atoms with Crippen LogP contribution >= 0.6 is 11.6 Å². The molecule has 2 rings (SSSR count).